The number of imide groups is 1. The minimum atomic E-state index is -0.690. The summed E-state index contributed by atoms with van der Waals surface area (Å²) in [7, 11) is 0. The van der Waals surface area contributed by atoms with E-state index >= 15 is 4.79 Å². The smallest absolute Gasteiger partial charge is 0.238 e. The fraction of sp³-hybridized carbons (Fsp3) is 0.621. The van der Waals surface area contributed by atoms with Crippen LogP contribution in [0.5, 0.6) is 0 Å². The zero-order chi connectivity index (χ0) is 51.5. The molecule has 2 aliphatic carbocycles. The van der Waals surface area contributed by atoms with Gasteiger partial charge in [-0.25, -0.2) is 15.0 Å². The first-order chi connectivity index (χ1) is 35.8. The van der Waals surface area contributed by atoms with Gasteiger partial charge in [0.1, 0.15) is 11.3 Å². The molecule has 7 aliphatic rings. The van der Waals surface area contributed by atoms with E-state index in [4.69, 9.17) is 15.0 Å². The molecule has 74 heavy (non-hydrogen) atoms. The number of nitrogens with zero attached hydrogens (tertiary/aromatic N) is 9. The number of likely N-dealkylation sites (tertiary alicyclic amines) is 3. The van der Waals surface area contributed by atoms with Crippen molar-refractivity contribution in [1.82, 2.24) is 39.5 Å². The molecule has 1 aromatic carbocycles. The van der Waals surface area contributed by atoms with Crippen molar-refractivity contribution < 1.29 is 24.0 Å². The van der Waals surface area contributed by atoms with Crippen molar-refractivity contribution in [1.29, 1.82) is 0 Å². The van der Waals surface area contributed by atoms with E-state index in [0.29, 0.717) is 89.9 Å². The molecule has 3 aromatic heterocycles. The normalized spacial score (nSPS) is 23.5. The van der Waals surface area contributed by atoms with Crippen LogP contribution in [0, 0.1) is 18.3 Å². The molecular weight excluding hydrogens is 931 g/mol. The molecule has 8 heterocycles. The van der Waals surface area contributed by atoms with E-state index in [9.17, 15) is 19.2 Å². The fourth-order valence-corrected chi connectivity index (χ4v) is 13.6. The first kappa shape index (κ1) is 50.3. The second-order valence-electron chi connectivity index (χ2n) is 23.6. The molecule has 16 heteroatoms. The minimum Gasteiger partial charge on any atom is -0.366 e. The largest absolute Gasteiger partial charge is 0.366 e. The van der Waals surface area contributed by atoms with Crippen LogP contribution >= 0.6 is 0 Å². The summed E-state index contributed by atoms with van der Waals surface area (Å²) in [6.07, 6.45) is 17.4. The third-order valence-corrected chi connectivity index (χ3v) is 18.4. The summed E-state index contributed by atoms with van der Waals surface area (Å²) in [6, 6.07) is 12.0. The Bertz CT molecular complexity index is 2790. The quantitative estimate of drug-likeness (QED) is 0.118. The predicted molar refractivity (Wildman–Crippen MR) is 287 cm³/mol. The molecule has 6 fully saturated rings. The highest BCUT2D eigenvalue weighted by molar-refractivity contribution is 6.09. The number of imidazole rings is 1. The molecule has 394 valence electrons. The van der Waals surface area contributed by atoms with E-state index in [1.165, 1.54) is 19.3 Å². The predicted octanol–water partition coefficient (Wildman–Crippen LogP) is 7.88. The van der Waals surface area contributed by atoms with Crippen LogP contribution in [0.4, 0.5) is 17.3 Å². The van der Waals surface area contributed by atoms with Crippen LogP contribution in [0.25, 0.3) is 22.3 Å². The molecule has 4 aromatic rings. The van der Waals surface area contributed by atoms with Gasteiger partial charge in [-0.3, -0.25) is 29.3 Å². The van der Waals surface area contributed by atoms with Crippen molar-refractivity contribution in [2.24, 2.45) is 11.3 Å². The summed E-state index contributed by atoms with van der Waals surface area (Å²) < 4.78 is 2.20. The van der Waals surface area contributed by atoms with E-state index in [0.717, 1.165) is 114 Å². The summed E-state index contributed by atoms with van der Waals surface area (Å²) in [4.78, 5) is 93.6. The maximum Gasteiger partial charge on any atom is 0.238 e. The SMILES string of the molecule is CCCC(C(=O)NC=O)c1cnc(N2CCC(C(=O)N3CCC(C)(C(=O)N4CCC5(CC4)C(=O)N(C4CC(N6CCCCC6)C4)c4cc(-c6cc7ncn(C(C)C)c7c(NC7CC7)n6)ccc45)CC3)CC2)c(C)c1. The molecular formula is C58H77N11O5. The van der Waals surface area contributed by atoms with Gasteiger partial charge in [-0.1, -0.05) is 44.9 Å². The average Bonchev–Trinajstić information content (AvgIpc) is 4.10. The van der Waals surface area contributed by atoms with Gasteiger partial charge in [0, 0.05) is 92.2 Å². The van der Waals surface area contributed by atoms with Crippen molar-refractivity contribution in [2.45, 2.75) is 166 Å². The summed E-state index contributed by atoms with van der Waals surface area (Å²) in [5, 5.41) is 6.02. The Balaban J connectivity index is 0.747. The van der Waals surface area contributed by atoms with Gasteiger partial charge in [-0.15, -0.1) is 0 Å². The lowest BCUT2D eigenvalue weighted by Gasteiger charge is -2.48. The third kappa shape index (κ3) is 9.24. The number of hydrogen-bond donors (Lipinski definition) is 2. The number of nitrogens with one attached hydrogen (secondary N) is 2. The Hall–Kier alpha value is -5.90. The van der Waals surface area contributed by atoms with Crippen LogP contribution in [-0.2, 0) is 29.4 Å². The summed E-state index contributed by atoms with van der Waals surface area (Å²) >= 11 is 0. The second-order valence-corrected chi connectivity index (χ2v) is 23.6. The van der Waals surface area contributed by atoms with Crippen LogP contribution in [0.1, 0.15) is 153 Å². The van der Waals surface area contributed by atoms with Crippen LogP contribution in [-0.4, -0.2) is 135 Å². The average molecular weight is 1010 g/mol. The minimum absolute atomic E-state index is 0.0838. The molecule has 0 bridgehead atoms. The maximum atomic E-state index is 15.3. The number of anilines is 3. The lowest BCUT2D eigenvalue weighted by atomic mass is 9.72. The van der Waals surface area contributed by atoms with Gasteiger partial charge >= 0.3 is 0 Å². The number of carbonyl (C=O) groups excluding carboxylic acids is 5. The molecule has 11 rings (SSSR count). The molecule has 2 saturated carbocycles. The van der Waals surface area contributed by atoms with Gasteiger partial charge in [-0.05, 0) is 146 Å². The second kappa shape index (κ2) is 20.3. The Kier molecular flexibility index (Phi) is 13.8. The van der Waals surface area contributed by atoms with E-state index < -0.39 is 16.7 Å². The molecule has 2 N–H and O–H groups in total. The molecule has 1 spiro atoms. The van der Waals surface area contributed by atoms with Crippen LogP contribution in [0.2, 0.25) is 0 Å². The molecule has 5 amide bonds. The third-order valence-electron chi connectivity index (χ3n) is 18.4. The number of aromatic nitrogens is 4. The number of piperidine rings is 4. The Morgan fingerprint density at radius 3 is 2.23 bits per heavy atom. The van der Waals surface area contributed by atoms with Gasteiger partial charge in [0.05, 0.1) is 28.9 Å². The summed E-state index contributed by atoms with van der Waals surface area (Å²) in [6.45, 7) is 16.3. The molecule has 4 saturated heterocycles. The number of hydrogen-bond acceptors (Lipinski definition) is 11. The number of fused-ring (bicyclic) bond motifs is 3. The van der Waals surface area contributed by atoms with Gasteiger partial charge in [0.2, 0.25) is 30.0 Å². The molecule has 1 unspecified atom stereocenters. The van der Waals surface area contributed by atoms with Gasteiger partial charge in [-0.2, -0.15) is 0 Å². The highest BCUT2D eigenvalue weighted by Crippen LogP contribution is 2.53. The van der Waals surface area contributed by atoms with Crippen LogP contribution in [0.15, 0.2) is 42.9 Å². The topological polar surface area (TPSA) is 169 Å². The molecule has 5 aliphatic heterocycles. The number of pyridine rings is 2. The van der Waals surface area contributed by atoms with Crippen LogP contribution < -0.4 is 20.4 Å². The first-order valence-electron chi connectivity index (χ1n) is 28.2. The van der Waals surface area contributed by atoms with E-state index in [-0.39, 0.29) is 41.6 Å². The number of carbonyl (C=O) groups is 5. The monoisotopic (exact) mass is 1010 g/mol. The van der Waals surface area contributed by atoms with E-state index in [1.807, 2.05) is 36.0 Å². The van der Waals surface area contributed by atoms with Gasteiger partial charge < -0.3 is 34.4 Å². The Morgan fingerprint density at radius 2 is 1.57 bits per heavy atom. The standard InChI is InChI=1S/C58H77N11O5/c1-6-10-45(53(71)61-36-70)41-29-38(4)52(59-34-41)65-23-15-39(16-24-65)54(72)66-25-17-57(5,18-26-66)55(73)67-27-19-58(20-28-67)46-14-11-40(30-49(46)69(56(58)74)44-31-43(32-44)64-21-8-7-9-22-64)47-33-48-50(68(35-60-48)37(2)3)51(63-47)62-42-12-13-42/h11,14,29-30,33-37,39,42-45H,6-10,12-13,15-28,31-32H2,1-5H3,(H,62,63)(H,61,70,71). The maximum absolute atomic E-state index is 15.3. The van der Waals surface area contributed by atoms with Crippen molar-refractivity contribution in [3.63, 3.8) is 0 Å². The lowest BCUT2D eigenvalue weighted by molar-refractivity contribution is -0.150. The number of aryl methyl sites for hydroxylation is 1. The summed E-state index contributed by atoms with van der Waals surface area (Å²) in [5.41, 5.74) is 6.38. The number of amides is 5. The van der Waals surface area contributed by atoms with Crippen molar-refractivity contribution in [3.8, 4) is 11.3 Å². The van der Waals surface area contributed by atoms with Crippen molar-refractivity contribution >= 4 is 58.4 Å². The number of rotatable bonds is 14. The highest BCUT2D eigenvalue weighted by atomic mass is 16.2. The molecule has 16 nitrogen and oxygen atoms in total. The van der Waals surface area contributed by atoms with E-state index in [2.05, 4.69) is 74.9 Å². The van der Waals surface area contributed by atoms with E-state index in [1.54, 1.807) is 6.20 Å². The van der Waals surface area contributed by atoms with Crippen molar-refractivity contribution in [2.75, 3.05) is 67.5 Å². The zero-order valence-electron chi connectivity index (χ0n) is 44.4. The van der Waals surface area contributed by atoms with Gasteiger partial charge in [0.25, 0.3) is 0 Å². The van der Waals surface area contributed by atoms with Crippen molar-refractivity contribution in [3.05, 3.63) is 59.5 Å². The highest BCUT2D eigenvalue weighted by Gasteiger charge is 2.56. The van der Waals surface area contributed by atoms with Gasteiger partial charge in [0.15, 0.2) is 5.82 Å². The Labute approximate surface area is 436 Å². The zero-order valence-corrected chi connectivity index (χ0v) is 44.4. The fourth-order valence-electron chi connectivity index (χ4n) is 13.6. The van der Waals surface area contributed by atoms with Crippen LogP contribution in [0.3, 0.4) is 0 Å². The Morgan fingerprint density at radius 1 is 0.851 bits per heavy atom. The molecule has 1 atom stereocenters. The number of benzene rings is 1. The summed E-state index contributed by atoms with van der Waals surface area (Å²) in [5.74, 6) is 1.42. The first-order valence-corrected chi connectivity index (χ1v) is 28.2. The lowest BCUT2D eigenvalue weighted by Crippen LogP contribution is -2.59. The molecule has 0 radical (unpaired) electrons.